The Morgan fingerprint density at radius 2 is 2.15 bits per heavy atom. The van der Waals surface area contributed by atoms with Crippen molar-refractivity contribution in [3.63, 3.8) is 0 Å². The van der Waals surface area contributed by atoms with Crippen LogP contribution in [0.4, 0.5) is 0 Å². The van der Waals surface area contributed by atoms with E-state index in [2.05, 4.69) is 31.2 Å². The summed E-state index contributed by atoms with van der Waals surface area (Å²) in [6.45, 7) is 4.06. The van der Waals surface area contributed by atoms with Crippen LogP contribution in [-0.4, -0.2) is 25.8 Å². The summed E-state index contributed by atoms with van der Waals surface area (Å²) in [6, 6.07) is 5.43. The molecule has 0 saturated carbocycles. The Bertz CT molecular complexity index is 650. The first-order valence-electron chi connectivity index (χ1n) is 6.33. The molecule has 0 aliphatic heterocycles. The van der Waals surface area contributed by atoms with Gasteiger partial charge >= 0.3 is 0 Å². The van der Waals surface area contributed by atoms with Gasteiger partial charge in [-0.15, -0.1) is 0 Å². The van der Waals surface area contributed by atoms with Crippen molar-refractivity contribution < 1.29 is 5.21 Å². The molecule has 1 aromatic heterocycles. The number of hydrogen-bond donors (Lipinski definition) is 2. The topological polar surface area (TPSA) is 89.3 Å². The molecule has 20 heavy (non-hydrogen) atoms. The van der Waals surface area contributed by atoms with Crippen LogP contribution in [0.1, 0.15) is 31.1 Å². The predicted molar refractivity (Wildman–Crippen MR) is 80.3 cm³/mol. The van der Waals surface area contributed by atoms with Crippen molar-refractivity contribution in [3.05, 3.63) is 39.9 Å². The Balaban J connectivity index is 2.51. The molecule has 0 amide bonds. The lowest BCUT2D eigenvalue weighted by atomic mass is 10.2. The lowest BCUT2D eigenvalue weighted by molar-refractivity contribution is 0.318. The molecule has 2 aromatic rings. The van der Waals surface area contributed by atoms with Crippen LogP contribution in [0, 0.1) is 0 Å². The monoisotopic (exact) mass is 337 g/mol. The number of nitrogens with two attached hydrogens (primary N) is 1. The number of rotatable bonds is 4. The van der Waals surface area contributed by atoms with Gasteiger partial charge in [0.15, 0.2) is 11.7 Å². The molecule has 0 spiro atoms. The lowest BCUT2D eigenvalue weighted by Gasteiger charge is -2.08. The summed E-state index contributed by atoms with van der Waals surface area (Å²) in [7, 11) is 0. The van der Waals surface area contributed by atoms with Crippen molar-refractivity contribution in [1.29, 1.82) is 0 Å². The van der Waals surface area contributed by atoms with Gasteiger partial charge in [0.05, 0.1) is 5.69 Å². The number of benzene rings is 1. The molecule has 0 aliphatic rings. The van der Waals surface area contributed by atoms with Gasteiger partial charge in [0.25, 0.3) is 0 Å². The molecule has 106 valence electrons. The summed E-state index contributed by atoms with van der Waals surface area (Å²) in [6.07, 6.45) is 1.58. The average Bonchev–Trinajstić information content (AvgIpc) is 2.89. The smallest absolute Gasteiger partial charge is 0.170 e. The van der Waals surface area contributed by atoms with Crippen LogP contribution in [-0.2, 0) is 12.8 Å². The minimum atomic E-state index is 0.0702. The van der Waals surface area contributed by atoms with Crippen LogP contribution in [0.3, 0.4) is 0 Å². The first-order chi connectivity index (χ1) is 9.60. The maximum absolute atomic E-state index is 8.70. The van der Waals surface area contributed by atoms with E-state index < -0.39 is 0 Å². The molecule has 6 nitrogen and oxygen atoms in total. The number of halogens is 1. The Kier molecular flexibility index (Phi) is 4.39. The normalized spacial score (nSPS) is 11.8. The maximum atomic E-state index is 8.70. The standard InChI is InChI=1S/C13H16BrN5O/c1-3-11-16-12(4-2)19(17-11)10-6-5-8(7-9(10)14)13(15)18-20/h5-7,20H,3-4H2,1-2H3,(H2,15,18). The third kappa shape index (κ3) is 2.67. The summed E-state index contributed by atoms with van der Waals surface area (Å²) in [4.78, 5) is 4.48. The molecule has 7 heteroatoms. The lowest BCUT2D eigenvalue weighted by Crippen LogP contribution is -2.13. The molecule has 0 atom stereocenters. The fourth-order valence-corrected chi connectivity index (χ4v) is 2.41. The van der Waals surface area contributed by atoms with E-state index in [1.165, 1.54) is 0 Å². The van der Waals surface area contributed by atoms with Gasteiger partial charge in [-0.25, -0.2) is 9.67 Å². The zero-order chi connectivity index (χ0) is 14.7. The fourth-order valence-electron chi connectivity index (χ4n) is 1.86. The molecule has 1 aromatic carbocycles. The van der Waals surface area contributed by atoms with E-state index in [-0.39, 0.29) is 5.84 Å². The molecule has 0 fully saturated rings. The summed E-state index contributed by atoms with van der Waals surface area (Å²) in [5.74, 6) is 1.79. The second kappa shape index (κ2) is 6.04. The highest BCUT2D eigenvalue weighted by atomic mass is 79.9. The third-order valence-corrected chi connectivity index (χ3v) is 3.57. The van der Waals surface area contributed by atoms with Gasteiger partial charge < -0.3 is 10.9 Å². The van der Waals surface area contributed by atoms with Crippen LogP contribution >= 0.6 is 15.9 Å². The van der Waals surface area contributed by atoms with E-state index >= 15 is 0 Å². The Morgan fingerprint density at radius 3 is 2.70 bits per heavy atom. The Morgan fingerprint density at radius 1 is 1.40 bits per heavy atom. The van der Waals surface area contributed by atoms with Crippen molar-refractivity contribution in [2.24, 2.45) is 10.9 Å². The summed E-state index contributed by atoms with van der Waals surface area (Å²) >= 11 is 3.50. The highest BCUT2D eigenvalue weighted by Gasteiger charge is 2.13. The van der Waals surface area contributed by atoms with E-state index in [1.54, 1.807) is 12.1 Å². The summed E-state index contributed by atoms with van der Waals surface area (Å²) in [5, 5.41) is 16.2. The number of oxime groups is 1. The van der Waals surface area contributed by atoms with E-state index in [0.717, 1.165) is 34.7 Å². The SMILES string of the molecule is CCc1nc(CC)n(-c2ccc(/C(N)=N/O)cc2Br)n1. The summed E-state index contributed by atoms with van der Waals surface area (Å²) < 4.78 is 2.63. The molecule has 0 bridgehead atoms. The van der Waals surface area contributed by atoms with Crippen molar-refractivity contribution in [3.8, 4) is 5.69 Å². The second-order valence-electron chi connectivity index (χ2n) is 4.21. The number of aryl methyl sites for hydroxylation is 2. The Hall–Kier alpha value is -1.89. The van der Waals surface area contributed by atoms with Crippen molar-refractivity contribution in [2.75, 3.05) is 0 Å². The predicted octanol–water partition coefficient (Wildman–Crippen LogP) is 2.25. The van der Waals surface area contributed by atoms with E-state index in [0.29, 0.717) is 5.56 Å². The molecule has 1 heterocycles. The molecule has 3 N–H and O–H groups in total. The quantitative estimate of drug-likeness (QED) is 0.387. The van der Waals surface area contributed by atoms with Gasteiger partial charge in [0, 0.05) is 22.9 Å². The van der Waals surface area contributed by atoms with Crippen LogP contribution in [0.5, 0.6) is 0 Å². The third-order valence-electron chi connectivity index (χ3n) is 2.93. The molecule has 2 rings (SSSR count). The molecule has 0 radical (unpaired) electrons. The zero-order valence-corrected chi connectivity index (χ0v) is 12.9. The highest BCUT2D eigenvalue weighted by molar-refractivity contribution is 9.10. The molecular weight excluding hydrogens is 322 g/mol. The molecule has 0 aliphatic carbocycles. The van der Waals surface area contributed by atoms with Crippen molar-refractivity contribution in [2.45, 2.75) is 26.7 Å². The minimum absolute atomic E-state index is 0.0702. The number of amidine groups is 1. The van der Waals surface area contributed by atoms with Gasteiger partial charge in [-0.3, -0.25) is 0 Å². The van der Waals surface area contributed by atoms with Gasteiger partial charge in [0.1, 0.15) is 5.82 Å². The van der Waals surface area contributed by atoms with Crippen LogP contribution in [0.15, 0.2) is 27.8 Å². The fraction of sp³-hybridized carbons (Fsp3) is 0.308. The van der Waals surface area contributed by atoms with Crippen molar-refractivity contribution >= 4 is 21.8 Å². The van der Waals surface area contributed by atoms with E-state index in [4.69, 9.17) is 10.9 Å². The number of aromatic nitrogens is 3. The molecular formula is C13H16BrN5O. The van der Waals surface area contributed by atoms with Crippen molar-refractivity contribution in [1.82, 2.24) is 14.8 Å². The summed E-state index contributed by atoms with van der Waals surface area (Å²) in [5.41, 5.74) is 7.09. The minimum Gasteiger partial charge on any atom is -0.409 e. The maximum Gasteiger partial charge on any atom is 0.170 e. The van der Waals surface area contributed by atoms with Gasteiger partial charge in [0.2, 0.25) is 0 Å². The molecule has 0 saturated heterocycles. The van der Waals surface area contributed by atoms with Gasteiger partial charge in [-0.1, -0.05) is 19.0 Å². The second-order valence-corrected chi connectivity index (χ2v) is 5.07. The number of nitrogens with zero attached hydrogens (tertiary/aromatic N) is 4. The first kappa shape index (κ1) is 14.5. The van der Waals surface area contributed by atoms with E-state index in [9.17, 15) is 0 Å². The van der Waals surface area contributed by atoms with E-state index in [1.807, 2.05) is 24.6 Å². The van der Waals surface area contributed by atoms with Gasteiger partial charge in [-0.05, 0) is 34.1 Å². The largest absolute Gasteiger partial charge is 0.409 e. The average molecular weight is 338 g/mol. The zero-order valence-electron chi connectivity index (χ0n) is 11.3. The van der Waals surface area contributed by atoms with Crippen LogP contribution in [0.2, 0.25) is 0 Å². The van der Waals surface area contributed by atoms with Crippen LogP contribution in [0.25, 0.3) is 5.69 Å². The number of hydrogen-bond acceptors (Lipinski definition) is 4. The Labute approximate surface area is 125 Å². The van der Waals surface area contributed by atoms with Gasteiger partial charge in [-0.2, -0.15) is 5.10 Å². The van der Waals surface area contributed by atoms with Crippen LogP contribution < -0.4 is 5.73 Å². The molecule has 0 unspecified atom stereocenters. The highest BCUT2D eigenvalue weighted by Crippen LogP contribution is 2.23. The first-order valence-corrected chi connectivity index (χ1v) is 7.12.